The monoisotopic (exact) mass is 216 g/mol. The van der Waals surface area contributed by atoms with Crippen molar-refractivity contribution in [2.24, 2.45) is 0 Å². The summed E-state index contributed by atoms with van der Waals surface area (Å²) in [5.41, 5.74) is 0. The van der Waals surface area contributed by atoms with Crippen LogP contribution in [0.25, 0.3) is 0 Å². The lowest BCUT2D eigenvalue weighted by molar-refractivity contribution is 0.237. The molecule has 1 aliphatic carbocycles. The van der Waals surface area contributed by atoms with E-state index >= 15 is 0 Å². The molecule has 0 aromatic heterocycles. The molecule has 0 radical (unpaired) electrons. The topological polar surface area (TPSA) is 41.1 Å². The summed E-state index contributed by atoms with van der Waals surface area (Å²) in [5, 5.41) is 6.59. The van der Waals surface area contributed by atoms with E-state index in [1.165, 1.54) is 6.42 Å². The average molecular weight is 216 g/mol. The van der Waals surface area contributed by atoms with E-state index in [0.717, 1.165) is 31.1 Å². The molecule has 4 heteroatoms. The molecule has 1 aliphatic rings. The third-order valence-electron chi connectivity index (χ3n) is 2.59. The predicted octanol–water partition coefficient (Wildman–Crippen LogP) is 1.98. The van der Waals surface area contributed by atoms with Crippen LogP contribution in [0.4, 0.5) is 4.79 Å². The quantitative estimate of drug-likeness (QED) is 0.754. The molecule has 3 nitrogen and oxygen atoms in total. The molecule has 0 saturated heterocycles. The van der Waals surface area contributed by atoms with Crippen molar-refractivity contribution < 1.29 is 4.79 Å². The molecule has 0 aromatic rings. The largest absolute Gasteiger partial charge is 0.338 e. The number of amides is 2. The zero-order valence-electron chi connectivity index (χ0n) is 9.01. The molecule has 0 bridgehead atoms. The van der Waals surface area contributed by atoms with Gasteiger partial charge in [-0.2, -0.15) is 11.8 Å². The maximum absolute atomic E-state index is 11.3. The van der Waals surface area contributed by atoms with Crippen LogP contribution in [-0.2, 0) is 0 Å². The number of carbonyl (C=O) groups is 1. The fraction of sp³-hybridized carbons (Fsp3) is 0.900. The van der Waals surface area contributed by atoms with Crippen LogP contribution >= 0.6 is 11.8 Å². The lowest BCUT2D eigenvalue weighted by atomic mass is 10.2. The van der Waals surface area contributed by atoms with Gasteiger partial charge in [0.2, 0.25) is 0 Å². The predicted molar refractivity (Wildman–Crippen MR) is 61.8 cm³/mol. The molecule has 14 heavy (non-hydrogen) atoms. The molecule has 2 N–H and O–H groups in total. The van der Waals surface area contributed by atoms with Crippen molar-refractivity contribution in [1.29, 1.82) is 0 Å². The minimum absolute atomic E-state index is 0.00129. The lowest BCUT2D eigenvalue weighted by Crippen LogP contribution is -2.41. The van der Waals surface area contributed by atoms with E-state index in [-0.39, 0.29) is 6.03 Å². The van der Waals surface area contributed by atoms with Crippen LogP contribution in [0.5, 0.6) is 0 Å². The van der Waals surface area contributed by atoms with Crippen molar-refractivity contribution in [3.8, 4) is 0 Å². The van der Waals surface area contributed by atoms with Gasteiger partial charge in [0, 0.05) is 17.8 Å². The van der Waals surface area contributed by atoms with Gasteiger partial charge < -0.3 is 10.6 Å². The number of urea groups is 1. The van der Waals surface area contributed by atoms with Gasteiger partial charge in [0.05, 0.1) is 0 Å². The van der Waals surface area contributed by atoms with Gasteiger partial charge in [-0.15, -0.1) is 0 Å². The summed E-state index contributed by atoms with van der Waals surface area (Å²) in [6.45, 7) is 2.82. The second-order valence-corrected chi connectivity index (χ2v) is 4.91. The Bertz CT molecular complexity index is 187. The first-order valence-electron chi connectivity index (χ1n) is 5.33. The summed E-state index contributed by atoms with van der Waals surface area (Å²) in [5.74, 6) is 0. The third-order valence-corrected chi connectivity index (χ3v) is 3.68. The van der Waals surface area contributed by atoms with Crippen molar-refractivity contribution in [2.75, 3.05) is 12.8 Å². The molecule has 2 amide bonds. The zero-order chi connectivity index (χ0) is 10.4. The fourth-order valence-corrected chi connectivity index (χ4v) is 2.56. The van der Waals surface area contributed by atoms with E-state index in [4.69, 9.17) is 0 Å². The van der Waals surface area contributed by atoms with E-state index in [9.17, 15) is 4.79 Å². The normalized spacial score (nSPS) is 26.1. The molecule has 0 aliphatic heterocycles. The highest BCUT2D eigenvalue weighted by Gasteiger charge is 2.24. The molecule has 0 aromatic carbocycles. The average Bonchev–Trinajstić information content (AvgIpc) is 2.62. The van der Waals surface area contributed by atoms with Crippen LogP contribution in [-0.4, -0.2) is 30.1 Å². The Morgan fingerprint density at radius 3 is 2.86 bits per heavy atom. The Kier molecular flexibility index (Phi) is 5.15. The Labute approximate surface area is 90.4 Å². The second kappa shape index (κ2) is 6.17. The molecular formula is C10H20N2OS. The molecule has 1 rings (SSSR count). The van der Waals surface area contributed by atoms with E-state index in [2.05, 4.69) is 23.8 Å². The number of thioether (sulfide) groups is 1. The van der Waals surface area contributed by atoms with E-state index in [0.29, 0.717) is 6.04 Å². The molecule has 0 spiro atoms. The molecule has 2 atom stereocenters. The van der Waals surface area contributed by atoms with Crippen LogP contribution in [0.15, 0.2) is 0 Å². The van der Waals surface area contributed by atoms with Gasteiger partial charge in [-0.25, -0.2) is 4.79 Å². The summed E-state index contributed by atoms with van der Waals surface area (Å²) < 4.78 is 0. The van der Waals surface area contributed by atoms with Gasteiger partial charge in [-0.1, -0.05) is 6.92 Å². The SMILES string of the molecule is CCCNC(=O)NC1CCC(SC)C1. The number of carbonyl (C=O) groups excluding carboxylic acids is 1. The Hall–Kier alpha value is -0.380. The van der Waals surface area contributed by atoms with Gasteiger partial charge in [-0.3, -0.25) is 0 Å². The molecule has 1 saturated carbocycles. The van der Waals surface area contributed by atoms with Crippen molar-refractivity contribution in [1.82, 2.24) is 10.6 Å². The standard InChI is InChI=1S/C10H20N2OS/c1-3-6-11-10(13)12-8-4-5-9(7-8)14-2/h8-9H,3-7H2,1-2H3,(H2,11,12,13). The molecule has 82 valence electrons. The number of hydrogen-bond donors (Lipinski definition) is 2. The first-order valence-corrected chi connectivity index (χ1v) is 6.62. The van der Waals surface area contributed by atoms with Crippen LogP contribution in [0.3, 0.4) is 0 Å². The van der Waals surface area contributed by atoms with Gasteiger partial charge in [-0.05, 0) is 31.9 Å². The molecule has 0 heterocycles. The van der Waals surface area contributed by atoms with Crippen molar-refractivity contribution in [2.45, 2.75) is 43.9 Å². The van der Waals surface area contributed by atoms with E-state index < -0.39 is 0 Å². The zero-order valence-corrected chi connectivity index (χ0v) is 9.82. The van der Waals surface area contributed by atoms with Crippen molar-refractivity contribution in [3.63, 3.8) is 0 Å². The van der Waals surface area contributed by atoms with Crippen LogP contribution in [0, 0.1) is 0 Å². The maximum atomic E-state index is 11.3. The Morgan fingerprint density at radius 1 is 1.50 bits per heavy atom. The summed E-state index contributed by atoms with van der Waals surface area (Å²) >= 11 is 1.91. The summed E-state index contributed by atoms with van der Waals surface area (Å²) in [6.07, 6.45) is 6.63. The summed E-state index contributed by atoms with van der Waals surface area (Å²) in [6, 6.07) is 0.392. The van der Waals surface area contributed by atoms with E-state index in [1.54, 1.807) is 0 Å². The molecular weight excluding hydrogens is 196 g/mol. The van der Waals surface area contributed by atoms with Crippen molar-refractivity contribution in [3.05, 3.63) is 0 Å². The van der Waals surface area contributed by atoms with Crippen LogP contribution in [0.2, 0.25) is 0 Å². The minimum Gasteiger partial charge on any atom is -0.338 e. The van der Waals surface area contributed by atoms with Gasteiger partial charge >= 0.3 is 6.03 Å². The highest BCUT2D eigenvalue weighted by Crippen LogP contribution is 2.27. The first-order chi connectivity index (χ1) is 6.76. The van der Waals surface area contributed by atoms with Gasteiger partial charge in [0.15, 0.2) is 0 Å². The van der Waals surface area contributed by atoms with Gasteiger partial charge in [0.25, 0.3) is 0 Å². The summed E-state index contributed by atoms with van der Waals surface area (Å²) in [4.78, 5) is 11.3. The minimum atomic E-state index is -0.00129. The maximum Gasteiger partial charge on any atom is 0.315 e. The smallest absolute Gasteiger partial charge is 0.315 e. The molecule has 2 unspecified atom stereocenters. The number of hydrogen-bond acceptors (Lipinski definition) is 2. The highest BCUT2D eigenvalue weighted by molar-refractivity contribution is 7.99. The Morgan fingerprint density at radius 2 is 2.29 bits per heavy atom. The third kappa shape index (κ3) is 3.78. The Balaban J connectivity index is 2.15. The second-order valence-electron chi connectivity index (χ2n) is 3.77. The van der Waals surface area contributed by atoms with Crippen molar-refractivity contribution >= 4 is 17.8 Å². The van der Waals surface area contributed by atoms with E-state index in [1.807, 2.05) is 11.8 Å². The summed E-state index contributed by atoms with van der Waals surface area (Å²) in [7, 11) is 0. The number of rotatable bonds is 4. The fourth-order valence-electron chi connectivity index (χ4n) is 1.76. The molecule has 1 fully saturated rings. The lowest BCUT2D eigenvalue weighted by Gasteiger charge is -2.13. The first kappa shape index (κ1) is 11.7. The van der Waals surface area contributed by atoms with Crippen LogP contribution in [0.1, 0.15) is 32.6 Å². The van der Waals surface area contributed by atoms with Gasteiger partial charge in [0.1, 0.15) is 0 Å². The van der Waals surface area contributed by atoms with Crippen LogP contribution < -0.4 is 10.6 Å². The highest BCUT2D eigenvalue weighted by atomic mass is 32.2. The number of nitrogens with one attached hydrogen (secondary N) is 2.